The van der Waals surface area contributed by atoms with E-state index in [1.807, 2.05) is 58.0 Å². The lowest BCUT2D eigenvalue weighted by Crippen LogP contribution is -2.17. The number of hydrazone groups is 1. The topological polar surface area (TPSA) is 50.7 Å². The number of esters is 1. The fraction of sp³-hybridized carbons (Fsp3) is 0.500. The number of rotatable bonds is 8. The number of hydrogen-bond acceptors (Lipinski definition) is 4. The summed E-state index contributed by atoms with van der Waals surface area (Å²) in [6.07, 6.45) is 3.01. The molecule has 0 amide bonds. The second-order valence-electron chi connectivity index (χ2n) is 6.35. The maximum absolute atomic E-state index is 11.5. The van der Waals surface area contributed by atoms with Gasteiger partial charge >= 0.3 is 5.97 Å². The standard InChI is InChI=1S/C20H30N2O2/c1-7-15(5)19(22-21-16(6)8-2)18-11-9-17(10-12-18)13-24-20(23)14(3)4/h8-12,14-15,21H,7,13H2,1-6H3/b16-8+,22-19+. The summed E-state index contributed by atoms with van der Waals surface area (Å²) in [7, 11) is 0. The number of carbonyl (C=O) groups is 1. The number of nitrogens with one attached hydrogen (secondary N) is 1. The molecule has 0 aliphatic rings. The highest BCUT2D eigenvalue weighted by molar-refractivity contribution is 6.02. The summed E-state index contributed by atoms with van der Waals surface area (Å²) >= 11 is 0. The molecule has 1 aromatic carbocycles. The Labute approximate surface area is 146 Å². The summed E-state index contributed by atoms with van der Waals surface area (Å²) in [5.74, 6) is 0.0769. The SMILES string of the molecule is C/C=C(\C)N/N=C(/c1ccc(COC(=O)C(C)C)cc1)C(C)CC. The monoisotopic (exact) mass is 330 g/mol. The van der Waals surface area contributed by atoms with Crippen LogP contribution in [0, 0.1) is 11.8 Å². The van der Waals surface area contributed by atoms with Crippen LogP contribution in [-0.4, -0.2) is 11.7 Å². The smallest absolute Gasteiger partial charge is 0.308 e. The van der Waals surface area contributed by atoms with Gasteiger partial charge in [0, 0.05) is 11.6 Å². The summed E-state index contributed by atoms with van der Waals surface area (Å²) in [5, 5.41) is 4.58. The lowest BCUT2D eigenvalue weighted by Gasteiger charge is -2.14. The molecule has 4 heteroatoms. The Kier molecular flexibility index (Phi) is 8.24. The quantitative estimate of drug-likeness (QED) is 0.429. The molecular formula is C20H30N2O2. The van der Waals surface area contributed by atoms with Crippen molar-refractivity contribution in [1.82, 2.24) is 5.43 Å². The van der Waals surface area contributed by atoms with Gasteiger partial charge in [-0.05, 0) is 31.4 Å². The summed E-state index contributed by atoms with van der Waals surface area (Å²) in [6.45, 7) is 12.3. The Morgan fingerprint density at radius 1 is 1.25 bits per heavy atom. The maximum atomic E-state index is 11.5. The molecule has 1 rings (SSSR count). The number of benzene rings is 1. The zero-order valence-electron chi connectivity index (χ0n) is 15.7. The van der Waals surface area contributed by atoms with Gasteiger partial charge in [-0.1, -0.05) is 58.0 Å². The van der Waals surface area contributed by atoms with Crippen LogP contribution in [0.5, 0.6) is 0 Å². The van der Waals surface area contributed by atoms with Gasteiger partial charge in [0.1, 0.15) is 6.61 Å². The van der Waals surface area contributed by atoms with Crippen molar-refractivity contribution in [3.05, 3.63) is 47.2 Å². The van der Waals surface area contributed by atoms with Crippen LogP contribution in [0.15, 0.2) is 41.1 Å². The summed E-state index contributed by atoms with van der Waals surface area (Å²) < 4.78 is 5.26. The lowest BCUT2D eigenvalue weighted by molar-refractivity contribution is -0.148. The van der Waals surface area contributed by atoms with Crippen molar-refractivity contribution in [3.63, 3.8) is 0 Å². The van der Waals surface area contributed by atoms with Crippen LogP contribution in [0.1, 0.15) is 59.1 Å². The minimum Gasteiger partial charge on any atom is -0.461 e. The van der Waals surface area contributed by atoms with Crippen LogP contribution in [0.25, 0.3) is 0 Å². The summed E-state index contributed by atoms with van der Waals surface area (Å²) in [5.41, 5.74) is 7.21. The van der Waals surface area contributed by atoms with Gasteiger partial charge in [-0.2, -0.15) is 5.10 Å². The molecular weight excluding hydrogens is 300 g/mol. The molecule has 0 bridgehead atoms. The van der Waals surface area contributed by atoms with E-state index in [0.717, 1.165) is 29.0 Å². The molecule has 0 radical (unpaired) electrons. The minimum absolute atomic E-state index is 0.102. The Morgan fingerprint density at radius 3 is 2.38 bits per heavy atom. The third-order valence-electron chi connectivity index (χ3n) is 3.97. The largest absolute Gasteiger partial charge is 0.461 e. The van der Waals surface area contributed by atoms with E-state index in [2.05, 4.69) is 24.4 Å². The van der Waals surface area contributed by atoms with E-state index in [4.69, 9.17) is 4.74 Å². The average Bonchev–Trinajstić information content (AvgIpc) is 2.59. The van der Waals surface area contributed by atoms with Gasteiger partial charge in [-0.15, -0.1) is 0 Å². The predicted molar refractivity (Wildman–Crippen MR) is 99.6 cm³/mol. The number of hydrogen-bond donors (Lipinski definition) is 1. The van der Waals surface area contributed by atoms with Gasteiger partial charge in [-0.3, -0.25) is 10.2 Å². The Balaban J connectivity index is 2.87. The van der Waals surface area contributed by atoms with E-state index in [-0.39, 0.29) is 11.9 Å². The van der Waals surface area contributed by atoms with Gasteiger partial charge < -0.3 is 4.74 Å². The van der Waals surface area contributed by atoms with Crippen molar-refractivity contribution in [2.24, 2.45) is 16.9 Å². The van der Waals surface area contributed by atoms with Crippen LogP contribution in [0.2, 0.25) is 0 Å². The zero-order chi connectivity index (χ0) is 18.1. The number of ether oxygens (including phenoxy) is 1. The molecule has 0 saturated heterocycles. The molecule has 1 N–H and O–H groups in total. The molecule has 1 aromatic rings. The van der Waals surface area contributed by atoms with Gasteiger partial charge in [-0.25, -0.2) is 0 Å². The molecule has 1 unspecified atom stereocenters. The third-order valence-corrected chi connectivity index (χ3v) is 3.97. The second-order valence-corrected chi connectivity index (χ2v) is 6.35. The molecule has 1 atom stereocenters. The van der Waals surface area contributed by atoms with Crippen molar-refractivity contribution in [2.45, 2.75) is 54.6 Å². The van der Waals surface area contributed by atoms with E-state index in [9.17, 15) is 4.79 Å². The van der Waals surface area contributed by atoms with Crippen LogP contribution < -0.4 is 5.43 Å². The molecule has 24 heavy (non-hydrogen) atoms. The lowest BCUT2D eigenvalue weighted by atomic mass is 9.95. The van der Waals surface area contributed by atoms with E-state index in [1.54, 1.807) is 0 Å². The normalized spacial score (nSPS) is 13.8. The van der Waals surface area contributed by atoms with Gasteiger partial charge in [0.25, 0.3) is 0 Å². The predicted octanol–water partition coefficient (Wildman–Crippen LogP) is 4.65. The van der Waals surface area contributed by atoms with Crippen LogP contribution in [0.3, 0.4) is 0 Å². The first-order chi connectivity index (χ1) is 11.4. The average molecular weight is 330 g/mol. The number of carbonyl (C=O) groups excluding carboxylic acids is 1. The van der Waals surface area contributed by atoms with E-state index in [0.29, 0.717) is 12.5 Å². The third kappa shape index (κ3) is 6.19. The molecule has 0 aromatic heterocycles. The molecule has 132 valence electrons. The van der Waals surface area contributed by atoms with E-state index in [1.165, 1.54) is 0 Å². The fourth-order valence-corrected chi connectivity index (χ4v) is 1.96. The number of allylic oxidation sites excluding steroid dienone is 2. The van der Waals surface area contributed by atoms with E-state index >= 15 is 0 Å². The first kappa shape index (κ1) is 19.9. The molecule has 0 fully saturated rings. The Hall–Kier alpha value is -2.10. The van der Waals surface area contributed by atoms with E-state index < -0.39 is 0 Å². The van der Waals surface area contributed by atoms with Gasteiger partial charge in [0.15, 0.2) is 0 Å². The summed E-state index contributed by atoms with van der Waals surface area (Å²) in [6, 6.07) is 8.05. The molecule has 4 nitrogen and oxygen atoms in total. The second kappa shape index (κ2) is 9.91. The van der Waals surface area contributed by atoms with Crippen LogP contribution in [-0.2, 0) is 16.1 Å². The Bertz CT molecular complexity index is 586. The molecule has 0 aliphatic heterocycles. The highest BCUT2D eigenvalue weighted by Crippen LogP contribution is 2.15. The highest BCUT2D eigenvalue weighted by Gasteiger charge is 2.12. The first-order valence-electron chi connectivity index (χ1n) is 8.61. The maximum Gasteiger partial charge on any atom is 0.308 e. The van der Waals surface area contributed by atoms with Crippen LogP contribution >= 0.6 is 0 Å². The van der Waals surface area contributed by atoms with Crippen molar-refractivity contribution >= 4 is 11.7 Å². The molecule has 0 aliphatic carbocycles. The Morgan fingerprint density at radius 2 is 1.88 bits per heavy atom. The van der Waals surface area contributed by atoms with Crippen molar-refractivity contribution in [3.8, 4) is 0 Å². The first-order valence-corrected chi connectivity index (χ1v) is 8.61. The van der Waals surface area contributed by atoms with Gasteiger partial charge in [0.2, 0.25) is 0 Å². The van der Waals surface area contributed by atoms with Crippen LogP contribution in [0.4, 0.5) is 0 Å². The van der Waals surface area contributed by atoms with Crippen molar-refractivity contribution in [2.75, 3.05) is 0 Å². The number of nitrogens with zero attached hydrogens (tertiary/aromatic N) is 1. The zero-order valence-corrected chi connectivity index (χ0v) is 15.7. The minimum atomic E-state index is -0.174. The van der Waals surface area contributed by atoms with Gasteiger partial charge in [0.05, 0.1) is 11.6 Å². The van der Waals surface area contributed by atoms with Crippen molar-refractivity contribution < 1.29 is 9.53 Å². The molecule has 0 spiro atoms. The molecule has 0 heterocycles. The molecule has 0 saturated carbocycles. The highest BCUT2D eigenvalue weighted by atomic mass is 16.5. The fourth-order valence-electron chi connectivity index (χ4n) is 1.96. The summed E-state index contributed by atoms with van der Waals surface area (Å²) in [4.78, 5) is 11.5. The van der Waals surface area contributed by atoms with Crippen molar-refractivity contribution in [1.29, 1.82) is 0 Å².